The molecule has 3 heterocycles. The molecule has 0 saturated carbocycles. The average Bonchev–Trinajstić information content (AvgIpc) is 2.91. The van der Waals surface area contributed by atoms with Crippen LogP contribution in [-0.4, -0.2) is 50.7 Å². The van der Waals surface area contributed by atoms with E-state index < -0.39 is 10.7 Å². The standard InChI is InChI=1S/C12H13FN6O3/c1-8-15-10(19(20)21)7-18(8)11-9(13)6-14-12(16-11)17-2-4-22-5-3-17/h6-7H,2-5H2,1H3. The van der Waals surface area contributed by atoms with E-state index in [0.717, 1.165) is 12.4 Å². The third-order valence-electron chi connectivity index (χ3n) is 3.29. The molecule has 0 aromatic carbocycles. The molecule has 10 heteroatoms. The topological polar surface area (TPSA) is 99.2 Å². The first kappa shape index (κ1) is 14.3. The molecule has 3 rings (SSSR count). The molecule has 2 aromatic rings. The summed E-state index contributed by atoms with van der Waals surface area (Å²) in [7, 11) is 0. The van der Waals surface area contributed by atoms with Crippen LogP contribution in [-0.2, 0) is 4.74 Å². The zero-order chi connectivity index (χ0) is 15.7. The third kappa shape index (κ3) is 2.60. The van der Waals surface area contributed by atoms with Gasteiger partial charge in [0.2, 0.25) is 11.8 Å². The summed E-state index contributed by atoms with van der Waals surface area (Å²) >= 11 is 0. The maximum Gasteiger partial charge on any atom is 0.382 e. The molecule has 1 aliphatic rings. The molecule has 1 aliphatic heterocycles. The molecule has 0 aliphatic carbocycles. The van der Waals surface area contributed by atoms with E-state index in [1.807, 2.05) is 4.90 Å². The highest BCUT2D eigenvalue weighted by Gasteiger charge is 2.22. The van der Waals surface area contributed by atoms with Crippen molar-refractivity contribution in [3.63, 3.8) is 0 Å². The number of nitrogens with zero attached hydrogens (tertiary/aromatic N) is 6. The fourth-order valence-electron chi connectivity index (χ4n) is 2.19. The van der Waals surface area contributed by atoms with Crippen molar-refractivity contribution < 1.29 is 14.1 Å². The molecule has 9 nitrogen and oxygen atoms in total. The Morgan fingerprint density at radius 3 is 2.73 bits per heavy atom. The van der Waals surface area contributed by atoms with Crippen LogP contribution in [0.2, 0.25) is 0 Å². The Hall–Kier alpha value is -2.62. The maximum atomic E-state index is 14.0. The van der Waals surface area contributed by atoms with Crippen LogP contribution in [0.15, 0.2) is 12.4 Å². The first-order chi connectivity index (χ1) is 10.6. The smallest absolute Gasteiger partial charge is 0.378 e. The molecular weight excluding hydrogens is 295 g/mol. The van der Waals surface area contributed by atoms with Gasteiger partial charge in [-0.25, -0.2) is 9.37 Å². The second kappa shape index (κ2) is 5.64. The molecule has 0 spiro atoms. The number of halogens is 1. The van der Waals surface area contributed by atoms with Crippen molar-refractivity contribution in [1.29, 1.82) is 0 Å². The molecular formula is C12H13FN6O3. The SMILES string of the molecule is Cc1nc([N+](=O)[O-])cn1-c1nc(N2CCOCC2)ncc1F. The lowest BCUT2D eigenvalue weighted by molar-refractivity contribution is -0.389. The fraction of sp³-hybridized carbons (Fsp3) is 0.417. The zero-order valence-electron chi connectivity index (χ0n) is 11.8. The van der Waals surface area contributed by atoms with E-state index in [1.54, 1.807) is 6.92 Å². The van der Waals surface area contributed by atoms with Gasteiger partial charge in [0.1, 0.15) is 6.20 Å². The summed E-state index contributed by atoms with van der Waals surface area (Å²) in [6.07, 6.45) is 2.20. The van der Waals surface area contributed by atoms with Crippen LogP contribution >= 0.6 is 0 Å². The van der Waals surface area contributed by atoms with Crippen molar-refractivity contribution >= 4 is 11.8 Å². The van der Waals surface area contributed by atoms with E-state index in [9.17, 15) is 14.5 Å². The van der Waals surface area contributed by atoms with E-state index in [2.05, 4.69) is 15.0 Å². The number of rotatable bonds is 3. The molecule has 1 fully saturated rings. The average molecular weight is 308 g/mol. The highest BCUT2D eigenvalue weighted by atomic mass is 19.1. The van der Waals surface area contributed by atoms with Crippen LogP contribution < -0.4 is 4.90 Å². The van der Waals surface area contributed by atoms with Crippen LogP contribution in [0, 0.1) is 22.9 Å². The minimum atomic E-state index is -0.674. The van der Waals surface area contributed by atoms with Crippen LogP contribution in [0.5, 0.6) is 0 Å². The summed E-state index contributed by atoms with van der Waals surface area (Å²) in [4.78, 5) is 23.9. The van der Waals surface area contributed by atoms with Gasteiger partial charge in [0.05, 0.1) is 19.4 Å². The second-order valence-corrected chi connectivity index (χ2v) is 4.71. The Bertz CT molecular complexity index is 713. The van der Waals surface area contributed by atoms with Gasteiger partial charge in [0.25, 0.3) is 0 Å². The highest BCUT2D eigenvalue weighted by molar-refractivity contribution is 5.38. The monoisotopic (exact) mass is 308 g/mol. The number of aryl methyl sites for hydroxylation is 1. The normalized spacial score (nSPS) is 15.1. The lowest BCUT2D eigenvalue weighted by Crippen LogP contribution is -2.37. The van der Waals surface area contributed by atoms with E-state index in [1.165, 1.54) is 4.57 Å². The predicted molar refractivity (Wildman–Crippen MR) is 73.5 cm³/mol. The van der Waals surface area contributed by atoms with E-state index in [4.69, 9.17) is 4.74 Å². The number of morpholine rings is 1. The maximum absolute atomic E-state index is 14.0. The predicted octanol–water partition coefficient (Wildman–Crippen LogP) is 0.855. The summed E-state index contributed by atoms with van der Waals surface area (Å²) in [6.45, 7) is 3.85. The largest absolute Gasteiger partial charge is 0.382 e. The van der Waals surface area contributed by atoms with Crippen molar-refractivity contribution in [1.82, 2.24) is 19.5 Å². The van der Waals surface area contributed by atoms with Crippen molar-refractivity contribution in [2.75, 3.05) is 31.2 Å². The molecule has 0 bridgehead atoms. The summed E-state index contributed by atoms with van der Waals surface area (Å²) < 4.78 is 20.5. The minimum absolute atomic E-state index is 0.0606. The second-order valence-electron chi connectivity index (χ2n) is 4.71. The molecule has 0 unspecified atom stereocenters. The van der Waals surface area contributed by atoms with Gasteiger partial charge in [-0.1, -0.05) is 0 Å². The fourth-order valence-corrected chi connectivity index (χ4v) is 2.19. The van der Waals surface area contributed by atoms with Gasteiger partial charge < -0.3 is 19.8 Å². The van der Waals surface area contributed by atoms with Gasteiger partial charge in [-0.05, 0) is 9.91 Å². The number of aromatic nitrogens is 4. The summed E-state index contributed by atoms with van der Waals surface area (Å²) in [6, 6.07) is 0. The number of hydrogen-bond acceptors (Lipinski definition) is 7. The Morgan fingerprint density at radius 2 is 2.09 bits per heavy atom. The quantitative estimate of drug-likeness (QED) is 0.612. The van der Waals surface area contributed by atoms with Gasteiger partial charge in [-0.2, -0.15) is 4.98 Å². The van der Waals surface area contributed by atoms with Crippen molar-refractivity contribution in [2.45, 2.75) is 6.92 Å². The van der Waals surface area contributed by atoms with Crippen LogP contribution in [0.4, 0.5) is 16.2 Å². The summed E-state index contributed by atoms with van der Waals surface area (Å²) in [5.41, 5.74) is 0. The van der Waals surface area contributed by atoms with Gasteiger partial charge in [-0.3, -0.25) is 4.57 Å². The first-order valence-corrected chi connectivity index (χ1v) is 6.62. The zero-order valence-corrected chi connectivity index (χ0v) is 11.8. The van der Waals surface area contributed by atoms with Gasteiger partial charge in [0.15, 0.2) is 11.6 Å². The molecule has 0 amide bonds. The van der Waals surface area contributed by atoms with Crippen LogP contribution in [0.3, 0.4) is 0 Å². The van der Waals surface area contributed by atoms with E-state index in [0.29, 0.717) is 32.3 Å². The Morgan fingerprint density at radius 1 is 1.36 bits per heavy atom. The van der Waals surface area contributed by atoms with Crippen molar-refractivity contribution in [2.24, 2.45) is 0 Å². The summed E-state index contributed by atoms with van der Waals surface area (Å²) in [5.74, 6) is -0.460. The van der Waals surface area contributed by atoms with E-state index in [-0.39, 0.29) is 17.5 Å². The lowest BCUT2D eigenvalue weighted by atomic mass is 10.4. The van der Waals surface area contributed by atoms with Gasteiger partial charge in [-0.15, -0.1) is 0 Å². The lowest BCUT2D eigenvalue weighted by Gasteiger charge is -2.26. The van der Waals surface area contributed by atoms with Gasteiger partial charge in [0, 0.05) is 20.0 Å². The Labute approximate surface area is 124 Å². The third-order valence-corrected chi connectivity index (χ3v) is 3.29. The Kier molecular flexibility index (Phi) is 3.67. The molecule has 2 aromatic heterocycles. The number of anilines is 1. The van der Waals surface area contributed by atoms with E-state index >= 15 is 0 Å². The van der Waals surface area contributed by atoms with Crippen molar-refractivity contribution in [3.05, 3.63) is 34.1 Å². The van der Waals surface area contributed by atoms with Crippen LogP contribution in [0.25, 0.3) is 5.82 Å². The molecule has 0 N–H and O–H groups in total. The van der Waals surface area contributed by atoms with Crippen LogP contribution in [0.1, 0.15) is 5.82 Å². The number of nitro groups is 1. The number of imidazole rings is 1. The molecule has 22 heavy (non-hydrogen) atoms. The highest BCUT2D eigenvalue weighted by Crippen LogP contribution is 2.20. The number of ether oxygens (including phenoxy) is 1. The first-order valence-electron chi connectivity index (χ1n) is 6.62. The minimum Gasteiger partial charge on any atom is -0.378 e. The molecule has 0 radical (unpaired) electrons. The molecule has 1 saturated heterocycles. The Balaban J connectivity index is 2.01. The number of hydrogen-bond donors (Lipinski definition) is 0. The molecule has 0 atom stereocenters. The van der Waals surface area contributed by atoms with Crippen molar-refractivity contribution in [3.8, 4) is 5.82 Å². The molecule has 116 valence electrons. The summed E-state index contributed by atoms with van der Waals surface area (Å²) in [5, 5.41) is 10.8. The van der Waals surface area contributed by atoms with Gasteiger partial charge >= 0.3 is 5.82 Å².